The van der Waals surface area contributed by atoms with Crippen molar-refractivity contribution in [2.75, 3.05) is 26.7 Å². The minimum atomic E-state index is 0.491. The average Bonchev–Trinajstić information content (AvgIpc) is 2.85. The van der Waals surface area contributed by atoms with Gasteiger partial charge in [-0.1, -0.05) is 0 Å². The Balaban J connectivity index is 2.01. The molecule has 1 aromatic heterocycles. The third kappa shape index (κ3) is 2.69. The zero-order valence-electron chi connectivity index (χ0n) is 11.4. The number of aromatic nitrogens is 2. The average molecular weight is 236 g/mol. The first-order valence-electron chi connectivity index (χ1n) is 6.50. The molecule has 0 spiro atoms. The molecule has 2 unspecified atom stereocenters. The van der Waals surface area contributed by atoms with Gasteiger partial charge in [-0.2, -0.15) is 5.10 Å². The molecule has 0 saturated carbocycles. The molecular weight excluding hydrogens is 212 g/mol. The summed E-state index contributed by atoms with van der Waals surface area (Å²) >= 11 is 0. The highest BCUT2D eigenvalue weighted by atomic mass is 15.3. The summed E-state index contributed by atoms with van der Waals surface area (Å²) in [6.07, 6.45) is 3.47. The maximum Gasteiger partial charge on any atom is 0.0641 e. The Kier molecular flexibility index (Phi) is 3.84. The fourth-order valence-electron chi connectivity index (χ4n) is 2.89. The van der Waals surface area contributed by atoms with E-state index in [-0.39, 0.29) is 0 Å². The molecule has 2 heterocycles. The fraction of sp³-hybridized carbons (Fsp3) is 0.769. The second-order valence-corrected chi connectivity index (χ2v) is 5.23. The second-order valence-electron chi connectivity index (χ2n) is 5.23. The summed E-state index contributed by atoms with van der Waals surface area (Å²) in [7, 11) is 4.04. The normalized spacial score (nSPS) is 23.2. The Labute approximate surface area is 104 Å². The minimum absolute atomic E-state index is 0.491. The van der Waals surface area contributed by atoms with Crippen molar-refractivity contribution in [2.45, 2.75) is 26.3 Å². The standard InChI is InChI=1S/C13H24N4/c1-10-13(9-16(4)15-10)11(2)17-6-5-12(8-17)7-14-3/h9,11-12,14H,5-8H2,1-4H3. The fourth-order valence-corrected chi connectivity index (χ4v) is 2.89. The first-order chi connectivity index (χ1) is 8.11. The predicted molar refractivity (Wildman–Crippen MR) is 70.0 cm³/mol. The first kappa shape index (κ1) is 12.6. The highest BCUT2D eigenvalue weighted by Gasteiger charge is 2.27. The topological polar surface area (TPSA) is 33.1 Å². The van der Waals surface area contributed by atoms with Gasteiger partial charge in [-0.3, -0.25) is 9.58 Å². The molecule has 1 saturated heterocycles. The number of aryl methyl sites for hydroxylation is 2. The molecule has 1 aliphatic rings. The lowest BCUT2D eigenvalue weighted by Crippen LogP contribution is -2.27. The number of hydrogen-bond acceptors (Lipinski definition) is 3. The molecular formula is C13H24N4. The molecule has 4 heteroatoms. The highest BCUT2D eigenvalue weighted by Crippen LogP contribution is 2.28. The summed E-state index contributed by atoms with van der Waals surface area (Å²) in [6.45, 7) is 7.95. The highest BCUT2D eigenvalue weighted by molar-refractivity contribution is 5.19. The van der Waals surface area contributed by atoms with Gasteiger partial charge in [0, 0.05) is 31.4 Å². The molecule has 1 aromatic rings. The molecule has 0 aliphatic carbocycles. The van der Waals surface area contributed by atoms with Gasteiger partial charge in [-0.05, 0) is 46.3 Å². The van der Waals surface area contributed by atoms with Crippen LogP contribution >= 0.6 is 0 Å². The Morgan fingerprint density at radius 3 is 2.94 bits per heavy atom. The SMILES string of the molecule is CNCC1CCN(C(C)c2cn(C)nc2C)C1. The molecule has 0 radical (unpaired) electrons. The van der Waals surface area contributed by atoms with Gasteiger partial charge in [0.05, 0.1) is 5.69 Å². The maximum absolute atomic E-state index is 4.44. The van der Waals surface area contributed by atoms with Crippen LogP contribution in [-0.4, -0.2) is 41.4 Å². The monoisotopic (exact) mass is 236 g/mol. The van der Waals surface area contributed by atoms with Gasteiger partial charge in [0.25, 0.3) is 0 Å². The third-order valence-electron chi connectivity index (χ3n) is 3.86. The van der Waals surface area contributed by atoms with Crippen LogP contribution in [0, 0.1) is 12.8 Å². The number of nitrogens with one attached hydrogen (secondary N) is 1. The van der Waals surface area contributed by atoms with Gasteiger partial charge < -0.3 is 5.32 Å². The van der Waals surface area contributed by atoms with Crippen LogP contribution in [0.15, 0.2) is 6.20 Å². The van der Waals surface area contributed by atoms with Gasteiger partial charge in [-0.15, -0.1) is 0 Å². The molecule has 2 atom stereocenters. The van der Waals surface area contributed by atoms with Crippen LogP contribution in [0.3, 0.4) is 0 Å². The van der Waals surface area contributed by atoms with Crippen LogP contribution in [0.4, 0.5) is 0 Å². The molecule has 0 bridgehead atoms. The smallest absolute Gasteiger partial charge is 0.0641 e. The number of rotatable bonds is 4. The molecule has 17 heavy (non-hydrogen) atoms. The molecule has 0 amide bonds. The number of hydrogen-bond donors (Lipinski definition) is 1. The number of likely N-dealkylation sites (tertiary alicyclic amines) is 1. The lowest BCUT2D eigenvalue weighted by Gasteiger charge is -2.24. The lowest BCUT2D eigenvalue weighted by molar-refractivity contribution is 0.251. The summed E-state index contributed by atoms with van der Waals surface area (Å²) in [6, 6.07) is 0.491. The van der Waals surface area contributed by atoms with Gasteiger partial charge in [-0.25, -0.2) is 0 Å². The zero-order valence-corrected chi connectivity index (χ0v) is 11.4. The molecule has 2 rings (SSSR count). The van der Waals surface area contributed by atoms with E-state index in [1.807, 2.05) is 18.8 Å². The zero-order chi connectivity index (χ0) is 12.4. The van der Waals surface area contributed by atoms with Crippen LogP contribution in [0.2, 0.25) is 0 Å². The Morgan fingerprint density at radius 2 is 2.35 bits per heavy atom. The van der Waals surface area contributed by atoms with E-state index in [1.165, 1.54) is 25.1 Å². The molecule has 96 valence electrons. The van der Waals surface area contributed by atoms with Crippen molar-refractivity contribution in [1.29, 1.82) is 0 Å². The van der Waals surface area contributed by atoms with E-state index >= 15 is 0 Å². The van der Waals surface area contributed by atoms with Crippen LogP contribution in [0.1, 0.15) is 30.6 Å². The van der Waals surface area contributed by atoms with E-state index in [2.05, 4.69) is 35.4 Å². The lowest BCUT2D eigenvalue weighted by atomic mass is 10.1. The van der Waals surface area contributed by atoms with Crippen LogP contribution in [-0.2, 0) is 7.05 Å². The quantitative estimate of drug-likeness (QED) is 0.856. The first-order valence-corrected chi connectivity index (χ1v) is 6.50. The van der Waals surface area contributed by atoms with Crippen LogP contribution in [0.25, 0.3) is 0 Å². The van der Waals surface area contributed by atoms with Crippen molar-refractivity contribution in [1.82, 2.24) is 20.0 Å². The van der Waals surface area contributed by atoms with Crippen molar-refractivity contribution < 1.29 is 0 Å². The van der Waals surface area contributed by atoms with Crippen molar-refractivity contribution in [2.24, 2.45) is 13.0 Å². The Morgan fingerprint density at radius 1 is 1.59 bits per heavy atom. The van der Waals surface area contributed by atoms with Crippen molar-refractivity contribution in [3.63, 3.8) is 0 Å². The largest absolute Gasteiger partial charge is 0.319 e. The summed E-state index contributed by atoms with van der Waals surface area (Å²) in [5.41, 5.74) is 2.54. The molecule has 1 aliphatic heterocycles. The van der Waals surface area contributed by atoms with Crippen molar-refractivity contribution in [3.05, 3.63) is 17.5 Å². The van der Waals surface area contributed by atoms with E-state index in [0.717, 1.165) is 18.2 Å². The van der Waals surface area contributed by atoms with Gasteiger partial charge in [0.15, 0.2) is 0 Å². The van der Waals surface area contributed by atoms with Gasteiger partial charge in [0.1, 0.15) is 0 Å². The summed E-state index contributed by atoms with van der Waals surface area (Å²) in [5, 5.41) is 7.72. The molecule has 1 N–H and O–H groups in total. The Bertz CT molecular complexity index is 371. The predicted octanol–water partition coefficient (Wildman–Crippen LogP) is 1.33. The third-order valence-corrected chi connectivity index (χ3v) is 3.86. The van der Waals surface area contributed by atoms with E-state index in [4.69, 9.17) is 0 Å². The maximum atomic E-state index is 4.44. The van der Waals surface area contributed by atoms with Crippen molar-refractivity contribution >= 4 is 0 Å². The van der Waals surface area contributed by atoms with Crippen LogP contribution < -0.4 is 5.32 Å². The Hall–Kier alpha value is -0.870. The summed E-state index contributed by atoms with van der Waals surface area (Å²) < 4.78 is 1.92. The van der Waals surface area contributed by atoms with Crippen molar-refractivity contribution in [3.8, 4) is 0 Å². The van der Waals surface area contributed by atoms with E-state index < -0.39 is 0 Å². The van der Waals surface area contributed by atoms with Gasteiger partial charge in [0.2, 0.25) is 0 Å². The molecule has 0 aromatic carbocycles. The van der Waals surface area contributed by atoms with Gasteiger partial charge >= 0.3 is 0 Å². The second kappa shape index (κ2) is 5.19. The summed E-state index contributed by atoms with van der Waals surface area (Å²) in [4.78, 5) is 2.58. The summed E-state index contributed by atoms with van der Waals surface area (Å²) in [5.74, 6) is 0.805. The van der Waals surface area contributed by atoms with E-state index in [0.29, 0.717) is 6.04 Å². The van der Waals surface area contributed by atoms with Crippen LogP contribution in [0.5, 0.6) is 0 Å². The minimum Gasteiger partial charge on any atom is -0.319 e. The molecule has 4 nitrogen and oxygen atoms in total. The number of nitrogens with zero attached hydrogens (tertiary/aromatic N) is 3. The van der Waals surface area contributed by atoms with E-state index in [1.54, 1.807) is 0 Å². The molecule has 1 fully saturated rings. The van der Waals surface area contributed by atoms with E-state index in [9.17, 15) is 0 Å².